The number of amides is 1. The van der Waals surface area contributed by atoms with Crippen molar-refractivity contribution in [1.82, 2.24) is 5.32 Å². The third-order valence-electron chi connectivity index (χ3n) is 11.4. The van der Waals surface area contributed by atoms with Crippen LogP contribution in [0.4, 0.5) is 0 Å². The molecule has 0 fully saturated rings. The molecule has 0 spiro atoms. The minimum Gasteiger partial charge on any atom is -0.466 e. The predicted molar refractivity (Wildman–Crippen MR) is 250 cm³/mol. The lowest BCUT2D eigenvalue weighted by Gasteiger charge is -2.22. The van der Waals surface area contributed by atoms with Gasteiger partial charge in [0.25, 0.3) is 0 Å². The van der Waals surface area contributed by atoms with Gasteiger partial charge in [-0.2, -0.15) is 0 Å². The highest BCUT2D eigenvalue weighted by atomic mass is 16.5. The molecule has 0 aliphatic rings. The summed E-state index contributed by atoms with van der Waals surface area (Å²) in [4.78, 5) is 24.4. The molecule has 0 rings (SSSR count). The van der Waals surface area contributed by atoms with Gasteiger partial charge in [0.1, 0.15) is 0 Å². The maximum Gasteiger partial charge on any atom is 0.305 e. The highest BCUT2D eigenvalue weighted by Gasteiger charge is 2.20. The number of hydrogen-bond donors (Lipinski definition) is 3. The molecule has 3 N–H and O–H groups in total. The van der Waals surface area contributed by atoms with Gasteiger partial charge < -0.3 is 20.3 Å². The lowest BCUT2D eigenvalue weighted by molar-refractivity contribution is -0.143. The van der Waals surface area contributed by atoms with Crippen molar-refractivity contribution in [3.8, 4) is 0 Å². The fraction of sp³-hybridized carbons (Fsp3) is 0.846. The summed E-state index contributed by atoms with van der Waals surface area (Å²) in [6.07, 6.45) is 56.9. The number of rotatable bonds is 46. The second-order valence-corrected chi connectivity index (χ2v) is 17.1. The summed E-state index contributed by atoms with van der Waals surface area (Å²) < 4.78 is 5.45. The van der Waals surface area contributed by atoms with Crippen LogP contribution in [0.1, 0.15) is 258 Å². The SMILES string of the molecule is CCCCC/C=C\C/C=C\CCCCCCCCCCCC(=O)OCCCCC/C=C\CCCCCCCC(=O)NC(CO)C(O)CCCCCCCCCCCC. The van der Waals surface area contributed by atoms with Crippen molar-refractivity contribution in [2.24, 2.45) is 0 Å². The number of unbranched alkanes of at least 4 members (excludes halogenated alkanes) is 29. The van der Waals surface area contributed by atoms with Crippen molar-refractivity contribution >= 4 is 11.9 Å². The van der Waals surface area contributed by atoms with Crippen molar-refractivity contribution in [3.05, 3.63) is 36.5 Å². The zero-order valence-electron chi connectivity index (χ0n) is 38.5. The summed E-state index contributed by atoms with van der Waals surface area (Å²) in [5.74, 6) is -0.0913. The Kier molecular flexibility index (Phi) is 46.2. The standard InChI is InChI=1S/C52H97NO5/c1-3-5-7-9-11-13-15-16-17-18-19-20-21-22-26-30-34-38-42-46-52(57)58-47-43-39-35-31-27-24-23-25-29-33-37-41-45-51(56)53-49(48-54)50(55)44-40-36-32-28-14-12-10-8-6-4-2/h11,13,16-17,24,27,49-50,54-55H,3-10,12,14-15,18-23,25-26,28-48H2,1-2H3,(H,53,56)/b13-11-,17-16-,27-24-. The van der Waals surface area contributed by atoms with E-state index in [1.165, 1.54) is 141 Å². The van der Waals surface area contributed by atoms with E-state index >= 15 is 0 Å². The Morgan fingerprint density at radius 3 is 1.36 bits per heavy atom. The first-order valence-electron chi connectivity index (χ1n) is 25.2. The van der Waals surface area contributed by atoms with Crippen LogP contribution >= 0.6 is 0 Å². The van der Waals surface area contributed by atoms with Crippen LogP contribution in [0.2, 0.25) is 0 Å². The Morgan fingerprint density at radius 2 is 0.862 bits per heavy atom. The fourth-order valence-corrected chi connectivity index (χ4v) is 7.49. The Hall–Kier alpha value is -1.92. The maximum atomic E-state index is 12.4. The van der Waals surface area contributed by atoms with Crippen LogP contribution < -0.4 is 5.32 Å². The van der Waals surface area contributed by atoms with Crippen molar-refractivity contribution in [3.63, 3.8) is 0 Å². The molecule has 0 aromatic carbocycles. The van der Waals surface area contributed by atoms with Gasteiger partial charge in [-0.15, -0.1) is 0 Å². The zero-order chi connectivity index (χ0) is 42.3. The van der Waals surface area contributed by atoms with Crippen LogP contribution in [0, 0.1) is 0 Å². The van der Waals surface area contributed by atoms with E-state index in [2.05, 4.69) is 55.6 Å². The number of carbonyl (C=O) groups excluding carboxylic acids is 2. The van der Waals surface area contributed by atoms with Crippen molar-refractivity contribution < 1.29 is 24.5 Å². The molecule has 0 saturated carbocycles. The van der Waals surface area contributed by atoms with Gasteiger partial charge in [-0.3, -0.25) is 9.59 Å². The molecule has 0 saturated heterocycles. The van der Waals surface area contributed by atoms with Gasteiger partial charge in [0.15, 0.2) is 0 Å². The van der Waals surface area contributed by atoms with E-state index in [4.69, 9.17) is 4.74 Å². The number of aliphatic hydroxyl groups is 2. The Balaban J connectivity index is 3.48. The van der Waals surface area contributed by atoms with Gasteiger partial charge in [0.05, 0.1) is 25.4 Å². The minimum atomic E-state index is -0.679. The van der Waals surface area contributed by atoms with Gasteiger partial charge in [0, 0.05) is 12.8 Å². The quantitative estimate of drug-likeness (QED) is 0.0323. The summed E-state index contributed by atoms with van der Waals surface area (Å²) in [5.41, 5.74) is 0. The van der Waals surface area contributed by atoms with Crippen LogP contribution in [0.5, 0.6) is 0 Å². The molecule has 2 unspecified atom stereocenters. The number of hydrogen-bond acceptors (Lipinski definition) is 5. The summed E-state index contributed by atoms with van der Waals surface area (Å²) in [6, 6.07) is -0.559. The fourth-order valence-electron chi connectivity index (χ4n) is 7.49. The maximum absolute atomic E-state index is 12.4. The van der Waals surface area contributed by atoms with Crippen LogP contribution in [0.25, 0.3) is 0 Å². The van der Waals surface area contributed by atoms with E-state index in [9.17, 15) is 19.8 Å². The molecule has 58 heavy (non-hydrogen) atoms. The van der Waals surface area contributed by atoms with Crippen molar-refractivity contribution in [2.75, 3.05) is 13.2 Å². The molecular weight excluding hydrogens is 719 g/mol. The Morgan fingerprint density at radius 1 is 0.483 bits per heavy atom. The number of aliphatic hydroxyl groups excluding tert-OH is 2. The van der Waals surface area contributed by atoms with E-state index in [0.29, 0.717) is 25.9 Å². The normalized spacial score (nSPS) is 13.0. The van der Waals surface area contributed by atoms with Gasteiger partial charge >= 0.3 is 5.97 Å². The largest absolute Gasteiger partial charge is 0.466 e. The van der Waals surface area contributed by atoms with E-state index in [0.717, 1.165) is 83.5 Å². The summed E-state index contributed by atoms with van der Waals surface area (Å²) in [7, 11) is 0. The van der Waals surface area contributed by atoms with Crippen molar-refractivity contribution in [1.29, 1.82) is 0 Å². The summed E-state index contributed by atoms with van der Waals surface area (Å²) in [5, 5.41) is 23.1. The van der Waals surface area contributed by atoms with Gasteiger partial charge in [0.2, 0.25) is 5.91 Å². The van der Waals surface area contributed by atoms with Gasteiger partial charge in [-0.1, -0.05) is 192 Å². The third-order valence-corrected chi connectivity index (χ3v) is 11.4. The highest BCUT2D eigenvalue weighted by Crippen LogP contribution is 2.15. The van der Waals surface area contributed by atoms with Gasteiger partial charge in [-0.05, 0) is 89.9 Å². The third kappa shape index (κ3) is 43.7. The molecule has 6 nitrogen and oxygen atoms in total. The average Bonchev–Trinajstić information content (AvgIpc) is 3.22. The highest BCUT2D eigenvalue weighted by molar-refractivity contribution is 5.76. The predicted octanol–water partition coefficient (Wildman–Crippen LogP) is 14.9. The minimum absolute atomic E-state index is 0.0274. The van der Waals surface area contributed by atoms with E-state index < -0.39 is 12.1 Å². The first kappa shape index (κ1) is 56.1. The molecule has 0 aliphatic heterocycles. The molecule has 0 radical (unpaired) electrons. The van der Waals surface area contributed by atoms with E-state index in [1.54, 1.807) is 0 Å². The monoisotopic (exact) mass is 816 g/mol. The molecule has 0 heterocycles. The average molecular weight is 816 g/mol. The van der Waals surface area contributed by atoms with Crippen molar-refractivity contribution in [2.45, 2.75) is 270 Å². The zero-order valence-corrected chi connectivity index (χ0v) is 38.5. The molecule has 0 bridgehead atoms. The second-order valence-electron chi connectivity index (χ2n) is 17.1. The summed E-state index contributed by atoms with van der Waals surface area (Å²) in [6.45, 7) is 4.84. The summed E-state index contributed by atoms with van der Waals surface area (Å²) >= 11 is 0. The second kappa shape index (κ2) is 47.8. The molecule has 1 amide bonds. The first-order valence-corrected chi connectivity index (χ1v) is 25.2. The molecule has 340 valence electrons. The van der Waals surface area contributed by atoms with Gasteiger partial charge in [-0.25, -0.2) is 0 Å². The smallest absolute Gasteiger partial charge is 0.305 e. The Bertz CT molecular complexity index is 946. The number of allylic oxidation sites excluding steroid dienone is 6. The molecular formula is C52H97NO5. The molecule has 0 aromatic heterocycles. The van der Waals surface area contributed by atoms with E-state index in [-0.39, 0.29) is 18.5 Å². The number of carbonyl (C=O) groups is 2. The molecule has 6 heteroatoms. The lowest BCUT2D eigenvalue weighted by Crippen LogP contribution is -2.45. The topological polar surface area (TPSA) is 95.9 Å². The number of nitrogens with one attached hydrogen (secondary N) is 1. The lowest BCUT2D eigenvalue weighted by atomic mass is 10.0. The van der Waals surface area contributed by atoms with Crippen LogP contribution in [0.3, 0.4) is 0 Å². The van der Waals surface area contributed by atoms with Crippen LogP contribution in [0.15, 0.2) is 36.5 Å². The van der Waals surface area contributed by atoms with Crippen LogP contribution in [-0.4, -0.2) is 47.4 Å². The molecule has 0 aliphatic carbocycles. The molecule has 0 aromatic rings. The number of esters is 1. The number of ether oxygens (including phenoxy) is 1. The van der Waals surface area contributed by atoms with E-state index in [1.807, 2.05) is 0 Å². The molecule has 2 atom stereocenters. The van der Waals surface area contributed by atoms with Crippen LogP contribution in [-0.2, 0) is 14.3 Å². The first-order chi connectivity index (χ1) is 28.5. The Labute approximate surface area is 360 Å².